The fourth-order valence-corrected chi connectivity index (χ4v) is 1.66. The Labute approximate surface area is 93.5 Å². The normalized spacial score (nSPS) is 28.9. The predicted octanol–water partition coefficient (Wildman–Crippen LogP) is 1.64. The molecule has 0 radical (unpaired) electrons. The van der Waals surface area contributed by atoms with Crippen molar-refractivity contribution in [2.45, 2.75) is 57.2 Å². The topological polar surface area (TPSA) is 64.3 Å². The van der Waals surface area contributed by atoms with Gasteiger partial charge in [-0.1, -0.05) is 0 Å². The molecule has 1 rings (SSSR count). The van der Waals surface area contributed by atoms with Crippen molar-refractivity contribution in [1.29, 1.82) is 0 Å². The molecular formula is C10H18F2N2O2. The van der Waals surface area contributed by atoms with Crippen LogP contribution in [0, 0.1) is 0 Å². The van der Waals surface area contributed by atoms with Crippen molar-refractivity contribution >= 4 is 6.09 Å². The van der Waals surface area contributed by atoms with Gasteiger partial charge in [0.2, 0.25) is 0 Å². The fourth-order valence-electron chi connectivity index (χ4n) is 1.66. The van der Waals surface area contributed by atoms with Crippen molar-refractivity contribution in [2.75, 3.05) is 0 Å². The number of hydrogen-bond donors (Lipinski definition) is 2. The zero-order valence-corrected chi connectivity index (χ0v) is 9.72. The number of carbonyl (C=O) groups is 1. The highest BCUT2D eigenvalue weighted by Crippen LogP contribution is 2.34. The quantitative estimate of drug-likeness (QED) is 0.727. The van der Waals surface area contributed by atoms with Crippen molar-refractivity contribution in [3.63, 3.8) is 0 Å². The summed E-state index contributed by atoms with van der Waals surface area (Å²) in [5, 5.41) is 2.37. The van der Waals surface area contributed by atoms with Gasteiger partial charge in [0.15, 0.2) is 0 Å². The molecule has 0 spiro atoms. The second-order valence-corrected chi connectivity index (χ2v) is 5.18. The molecular weight excluding hydrogens is 218 g/mol. The van der Waals surface area contributed by atoms with Gasteiger partial charge in [-0.25, -0.2) is 13.6 Å². The molecule has 1 fully saturated rings. The van der Waals surface area contributed by atoms with Crippen molar-refractivity contribution in [1.82, 2.24) is 5.32 Å². The molecule has 0 aliphatic heterocycles. The van der Waals surface area contributed by atoms with Gasteiger partial charge < -0.3 is 15.8 Å². The molecule has 4 nitrogen and oxygen atoms in total. The number of nitrogens with two attached hydrogens (primary N) is 1. The van der Waals surface area contributed by atoms with E-state index in [4.69, 9.17) is 10.5 Å². The minimum atomic E-state index is -2.79. The van der Waals surface area contributed by atoms with Gasteiger partial charge in [0.1, 0.15) is 5.60 Å². The molecule has 0 aromatic rings. The summed E-state index contributed by atoms with van der Waals surface area (Å²) in [7, 11) is 0. The third-order valence-corrected chi connectivity index (χ3v) is 2.27. The van der Waals surface area contributed by atoms with Gasteiger partial charge in [0.05, 0.1) is 6.04 Å². The Balaban J connectivity index is 2.47. The highest BCUT2D eigenvalue weighted by molar-refractivity contribution is 5.68. The third-order valence-electron chi connectivity index (χ3n) is 2.27. The molecule has 0 heterocycles. The fraction of sp³-hybridized carbons (Fsp3) is 0.900. The summed E-state index contributed by atoms with van der Waals surface area (Å²) < 4.78 is 30.9. The minimum Gasteiger partial charge on any atom is -0.444 e. The summed E-state index contributed by atoms with van der Waals surface area (Å²) in [6, 6.07) is -1.44. The van der Waals surface area contributed by atoms with E-state index in [-0.39, 0.29) is 0 Å². The molecule has 94 valence electrons. The van der Waals surface area contributed by atoms with Crippen LogP contribution < -0.4 is 11.1 Å². The van der Waals surface area contributed by atoms with Crippen LogP contribution in [0.2, 0.25) is 0 Å². The molecule has 1 saturated carbocycles. The number of halogens is 2. The Morgan fingerprint density at radius 1 is 1.44 bits per heavy atom. The lowest BCUT2D eigenvalue weighted by Gasteiger charge is -2.23. The van der Waals surface area contributed by atoms with Crippen molar-refractivity contribution in [2.24, 2.45) is 5.73 Å². The van der Waals surface area contributed by atoms with Crippen LogP contribution in [-0.2, 0) is 4.74 Å². The standard InChI is InChI=1S/C10H18F2N2O2/c1-9(2,3)16-8(15)14-7-5-10(11,12)4-6(7)13/h6-7H,4-5,13H2,1-3H3,(H,14,15)/t6-,7-/m0/s1. The molecule has 1 aliphatic rings. The lowest BCUT2D eigenvalue weighted by atomic mass is 10.2. The molecule has 0 unspecified atom stereocenters. The number of amides is 1. The summed E-state index contributed by atoms with van der Waals surface area (Å²) in [6.45, 7) is 5.11. The van der Waals surface area contributed by atoms with E-state index in [1.54, 1.807) is 20.8 Å². The average Bonchev–Trinajstić information content (AvgIpc) is 2.19. The number of ether oxygens (including phenoxy) is 1. The van der Waals surface area contributed by atoms with Crippen LogP contribution in [0.5, 0.6) is 0 Å². The minimum absolute atomic E-state index is 0.395. The first kappa shape index (κ1) is 13.2. The SMILES string of the molecule is CC(C)(C)OC(=O)N[C@H]1CC(F)(F)C[C@@H]1N. The Morgan fingerprint density at radius 3 is 2.38 bits per heavy atom. The number of rotatable bonds is 1. The molecule has 0 aromatic carbocycles. The molecule has 0 aromatic heterocycles. The predicted molar refractivity (Wildman–Crippen MR) is 55.3 cm³/mol. The maximum absolute atomic E-state index is 13.0. The van der Waals surface area contributed by atoms with E-state index in [1.165, 1.54) is 0 Å². The number of hydrogen-bond acceptors (Lipinski definition) is 3. The first-order valence-corrected chi connectivity index (χ1v) is 5.22. The highest BCUT2D eigenvalue weighted by atomic mass is 19.3. The van der Waals surface area contributed by atoms with Crippen molar-refractivity contribution < 1.29 is 18.3 Å². The van der Waals surface area contributed by atoms with E-state index in [0.717, 1.165) is 0 Å². The van der Waals surface area contributed by atoms with Crippen LogP contribution in [-0.4, -0.2) is 29.7 Å². The van der Waals surface area contributed by atoms with E-state index < -0.39 is 42.5 Å². The Morgan fingerprint density at radius 2 is 2.00 bits per heavy atom. The van der Waals surface area contributed by atoms with Gasteiger partial charge in [-0.3, -0.25) is 0 Å². The number of nitrogens with one attached hydrogen (secondary N) is 1. The molecule has 2 atom stereocenters. The second kappa shape index (κ2) is 4.16. The second-order valence-electron chi connectivity index (χ2n) is 5.18. The zero-order valence-electron chi connectivity index (χ0n) is 9.72. The molecule has 1 aliphatic carbocycles. The van der Waals surface area contributed by atoms with E-state index in [2.05, 4.69) is 5.32 Å². The summed E-state index contributed by atoms with van der Waals surface area (Å²) in [6.07, 6.45) is -1.52. The summed E-state index contributed by atoms with van der Waals surface area (Å²) in [5.74, 6) is -2.79. The zero-order chi connectivity index (χ0) is 12.6. The average molecular weight is 236 g/mol. The smallest absolute Gasteiger partial charge is 0.407 e. The summed E-state index contributed by atoms with van der Waals surface area (Å²) >= 11 is 0. The Kier molecular flexibility index (Phi) is 3.42. The summed E-state index contributed by atoms with van der Waals surface area (Å²) in [5.41, 5.74) is 4.87. The van der Waals surface area contributed by atoms with Crippen LogP contribution in [0.4, 0.5) is 13.6 Å². The Hall–Kier alpha value is -0.910. The van der Waals surface area contributed by atoms with Crippen molar-refractivity contribution in [3.8, 4) is 0 Å². The van der Waals surface area contributed by atoms with Crippen LogP contribution in [0.15, 0.2) is 0 Å². The van der Waals surface area contributed by atoms with Crippen LogP contribution >= 0.6 is 0 Å². The van der Waals surface area contributed by atoms with E-state index >= 15 is 0 Å². The van der Waals surface area contributed by atoms with Crippen LogP contribution in [0.25, 0.3) is 0 Å². The molecule has 3 N–H and O–H groups in total. The van der Waals surface area contributed by atoms with Gasteiger partial charge in [-0.15, -0.1) is 0 Å². The Bertz CT molecular complexity index is 276. The number of alkyl halides is 2. The molecule has 1 amide bonds. The lowest BCUT2D eigenvalue weighted by molar-refractivity contribution is 0.00532. The maximum atomic E-state index is 13.0. The van der Waals surface area contributed by atoms with Gasteiger partial charge in [0.25, 0.3) is 5.92 Å². The van der Waals surface area contributed by atoms with E-state index in [9.17, 15) is 13.6 Å². The monoisotopic (exact) mass is 236 g/mol. The van der Waals surface area contributed by atoms with E-state index in [1.807, 2.05) is 0 Å². The summed E-state index contributed by atoms with van der Waals surface area (Å²) in [4.78, 5) is 11.3. The van der Waals surface area contributed by atoms with Crippen LogP contribution in [0.3, 0.4) is 0 Å². The first-order valence-electron chi connectivity index (χ1n) is 5.22. The number of alkyl carbamates (subject to hydrolysis) is 1. The molecule has 16 heavy (non-hydrogen) atoms. The van der Waals surface area contributed by atoms with Crippen LogP contribution in [0.1, 0.15) is 33.6 Å². The van der Waals surface area contributed by atoms with Gasteiger partial charge in [-0.05, 0) is 20.8 Å². The molecule has 0 bridgehead atoms. The maximum Gasteiger partial charge on any atom is 0.407 e. The molecule has 0 saturated heterocycles. The highest BCUT2D eigenvalue weighted by Gasteiger charge is 2.45. The van der Waals surface area contributed by atoms with Gasteiger partial charge in [0, 0.05) is 18.9 Å². The van der Waals surface area contributed by atoms with Gasteiger partial charge in [-0.2, -0.15) is 0 Å². The lowest BCUT2D eigenvalue weighted by Crippen LogP contribution is -2.45. The van der Waals surface area contributed by atoms with Crippen molar-refractivity contribution in [3.05, 3.63) is 0 Å². The van der Waals surface area contributed by atoms with E-state index in [0.29, 0.717) is 0 Å². The third kappa shape index (κ3) is 3.92. The van der Waals surface area contributed by atoms with Gasteiger partial charge >= 0.3 is 6.09 Å². The number of carbonyl (C=O) groups excluding carboxylic acids is 1. The first-order chi connectivity index (χ1) is 7.09. The molecule has 6 heteroatoms. The largest absolute Gasteiger partial charge is 0.444 e.